The number of anilines is 1. The third-order valence-corrected chi connectivity index (χ3v) is 3.83. The molecule has 0 heterocycles. The van der Waals surface area contributed by atoms with Crippen molar-refractivity contribution in [2.45, 2.75) is 13.3 Å². The van der Waals surface area contributed by atoms with Crippen molar-refractivity contribution >= 4 is 23.3 Å². The van der Waals surface area contributed by atoms with Gasteiger partial charge in [0.1, 0.15) is 5.69 Å². The van der Waals surface area contributed by atoms with Crippen molar-refractivity contribution in [3.63, 3.8) is 0 Å². The maximum absolute atomic E-state index is 11.1. The molecule has 1 atom stereocenters. The minimum absolute atomic E-state index is 0.0722. The molecule has 134 valence electrons. The first-order valence-electron chi connectivity index (χ1n) is 7.75. The van der Waals surface area contributed by atoms with Crippen molar-refractivity contribution < 1.29 is 9.85 Å². The third-order valence-electron chi connectivity index (χ3n) is 3.83. The van der Waals surface area contributed by atoms with E-state index in [0.29, 0.717) is 6.42 Å². The standard InChI is InChI=1S/C18H18N4O4/c1-3-18(2,12-14-7-5-4-6-8-14)13-19-20-16-10-9-15(21(23)24)11-17(16)22(25)26/h3-11,13,20H,1,12H2,2H3/b19-13+. The van der Waals surface area contributed by atoms with Crippen molar-refractivity contribution in [3.8, 4) is 0 Å². The maximum atomic E-state index is 11.1. The van der Waals surface area contributed by atoms with E-state index in [9.17, 15) is 20.2 Å². The van der Waals surface area contributed by atoms with Crippen LogP contribution < -0.4 is 5.43 Å². The predicted molar refractivity (Wildman–Crippen MR) is 100 cm³/mol. The van der Waals surface area contributed by atoms with Gasteiger partial charge in [0.25, 0.3) is 5.69 Å². The molecule has 26 heavy (non-hydrogen) atoms. The fourth-order valence-corrected chi connectivity index (χ4v) is 2.33. The van der Waals surface area contributed by atoms with Gasteiger partial charge in [-0.1, -0.05) is 43.3 Å². The zero-order chi connectivity index (χ0) is 19.2. The number of nitrogens with zero attached hydrogens (tertiary/aromatic N) is 3. The number of benzene rings is 2. The molecular weight excluding hydrogens is 336 g/mol. The SMILES string of the molecule is C=CC(C)(/C=N/Nc1ccc([N+](=O)[O-])cc1[N+](=O)[O-])Cc1ccccc1. The molecule has 0 aliphatic carbocycles. The molecule has 0 saturated carbocycles. The second kappa shape index (κ2) is 8.02. The zero-order valence-electron chi connectivity index (χ0n) is 14.2. The fourth-order valence-electron chi connectivity index (χ4n) is 2.33. The molecular formula is C18H18N4O4. The Hall–Kier alpha value is -3.55. The summed E-state index contributed by atoms with van der Waals surface area (Å²) in [7, 11) is 0. The summed E-state index contributed by atoms with van der Waals surface area (Å²) in [5, 5.41) is 26.0. The van der Waals surface area contributed by atoms with E-state index >= 15 is 0 Å². The summed E-state index contributed by atoms with van der Waals surface area (Å²) in [5.41, 5.74) is 2.53. The lowest BCUT2D eigenvalue weighted by Crippen LogP contribution is -2.19. The molecule has 8 nitrogen and oxygen atoms in total. The maximum Gasteiger partial charge on any atom is 0.301 e. The lowest BCUT2D eigenvalue weighted by molar-refractivity contribution is -0.393. The Morgan fingerprint density at radius 1 is 1.15 bits per heavy atom. The van der Waals surface area contributed by atoms with Gasteiger partial charge in [0.2, 0.25) is 0 Å². The Labute approximate surface area is 150 Å². The average Bonchev–Trinajstić information content (AvgIpc) is 2.62. The highest BCUT2D eigenvalue weighted by molar-refractivity contribution is 5.71. The monoisotopic (exact) mass is 354 g/mol. The van der Waals surface area contributed by atoms with Crippen LogP contribution in [0.3, 0.4) is 0 Å². The van der Waals surface area contributed by atoms with Gasteiger partial charge in [-0.25, -0.2) is 0 Å². The number of rotatable bonds is 8. The topological polar surface area (TPSA) is 111 Å². The van der Waals surface area contributed by atoms with Crippen LogP contribution >= 0.6 is 0 Å². The van der Waals surface area contributed by atoms with E-state index < -0.39 is 20.9 Å². The third kappa shape index (κ3) is 4.73. The molecule has 1 N–H and O–H groups in total. The first-order chi connectivity index (χ1) is 12.3. The molecule has 0 radical (unpaired) electrons. The van der Waals surface area contributed by atoms with Crippen molar-refractivity contribution in [1.82, 2.24) is 0 Å². The summed E-state index contributed by atoms with van der Waals surface area (Å²) in [5.74, 6) is 0. The van der Waals surface area contributed by atoms with E-state index in [1.807, 2.05) is 37.3 Å². The van der Waals surface area contributed by atoms with Gasteiger partial charge in [0, 0.05) is 17.7 Å². The molecule has 0 aliphatic heterocycles. The van der Waals surface area contributed by atoms with E-state index in [1.54, 1.807) is 12.3 Å². The van der Waals surface area contributed by atoms with E-state index in [1.165, 1.54) is 12.1 Å². The van der Waals surface area contributed by atoms with Crippen LogP contribution in [-0.2, 0) is 6.42 Å². The van der Waals surface area contributed by atoms with Crippen molar-refractivity contribution in [2.24, 2.45) is 10.5 Å². The second-order valence-electron chi connectivity index (χ2n) is 5.96. The van der Waals surface area contributed by atoms with Crippen molar-refractivity contribution in [2.75, 3.05) is 5.43 Å². The number of nitrogens with one attached hydrogen (secondary N) is 1. The molecule has 0 saturated heterocycles. The van der Waals surface area contributed by atoms with E-state index in [4.69, 9.17) is 0 Å². The molecule has 1 unspecified atom stereocenters. The molecule has 2 rings (SSSR count). The number of allylic oxidation sites excluding steroid dienone is 1. The highest BCUT2D eigenvalue weighted by atomic mass is 16.6. The summed E-state index contributed by atoms with van der Waals surface area (Å²) < 4.78 is 0. The Kier molecular flexibility index (Phi) is 5.79. The average molecular weight is 354 g/mol. The molecule has 0 aromatic heterocycles. The van der Waals surface area contributed by atoms with E-state index in [2.05, 4.69) is 17.1 Å². The number of non-ortho nitro benzene ring substituents is 1. The minimum Gasteiger partial charge on any atom is -0.272 e. The molecule has 0 spiro atoms. The normalized spacial score (nSPS) is 13.1. The fraction of sp³-hybridized carbons (Fsp3) is 0.167. The smallest absolute Gasteiger partial charge is 0.272 e. The van der Waals surface area contributed by atoms with Gasteiger partial charge in [0.15, 0.2) is 0 Å². The number of hydrogen-bond acceptors (Lipinski definition) is 6. The predicted octanol–water partition coefficient (Wildman–Crippen LogP) is 4.34. The molecule has 0 aliphatic rings. The Morgan fingerprint density at radius 2 is 1.85 bits per heavy atom. The molecule has 0 bridgehead atoms. The Bertz CT molecular complexity index is 852. The quantitative estimate of drug-likeness (QED) is 0.328. The molecule has 2 aromatic rings. The molecule has 8 heteroatoms. The highest BCUT2D eigenvalue weighted by Crippen LogP contribution is 2.29. The van der Waals surface area contributed by atoms with Crippen LogP contribution in [0.2, 0.25) is 0 Å². The van der Waals surface area contributed by atoms with Crippen LogP contribution in [0.5, 0.6) is 0 Å². The molecule has 0 fully saturated rings. The van der Waals surface area contributed by atoms with Gasteiger partial charge in [-0.3, -0.25) is 25.7 Å². The lowest BCUT2D eigenvalue weighted by atomic mass is 9.85. The summed E-state index contributed by atoms with van der Waals surface area (Å²) in [6, 6.07) is 13.1. The van der Waals surface area contributed by atoms with Gasteiger partial charge in [-0.15, -0.1) is 6.58 Å². The summed E-state index contributed by atoms with van der Waals surface area (Å²) in [6.07, 6.45) is 4.01. The van der Waals surface area contributed by atoms with E-state index in [-0.39, 0.29) is 11.4 Å². The zero-order valence-corrected chi connectivity index (χ0v) is 14.2. The van der Waals surface area contributed by atoms with Crippen LogP contribution in [0.15, 0.2) is 66.3 Å². The van der Waals surface area contributed by atoms with Gasteiger partial charge >= 0.3 is 5.69 Å². The van der Waals surface area contributed by atoms with Crippen molar-refractivity contribution in [3.05, 3.63) is 87.0 Å². The van der Waals surface area contributed by atoms with Crippen LogP contribution in [-0.4, -0.2) is 16.1 Å². The van der Waals surface area contributed by atoms with Crippen LogP contribution in [0, 0.1) is 25.6 Å². The Balaban J connectivity index is 2.19. The summed E-state index contributed by atoms with van der Waals surface area (Å²) >= 11 is 0. The first kappa shape index (κ1) is 18.8. The summed E-state index contributed by atoms with van der Waals surface area (Å²) in [4.78, 5) is 20.5. The van der Waals surface area contributed by atoms with Gasteiger partial charge in [-0.2, -0.15) is 5.10 Å². The second-order valence-corrected chi connectivity index (χ2v) is 5.96. The first-order valence-corrected chi connectivity index (χ1v) is 7.75. The van der Waals surface area contributed by atoms with Crippen LogP contribution in [0.1, 0.15) is 12.5 Å². The molecule has 0 amide bonds. The van der Waals surface area contributed by atoms with Gasteiger partial charge in [-0.05, 0) is 18.1 Å². The number of nitro groups is 2. The van der Waals surface area contributed by atoms with Gasteiger partial charge < -0.3 is 0 Å². The number of hydrogen-bond donors (Lipinski definition) is 1. The lowest BCUT2D eigenvalue weighted by Gasteiger charge is -2.20. The highest BCUT2D eigenvalue weighted by Gasteiger charge is 2.21. The van der Waals surface area contributed by atoms with E-state index in [0.717, 1.165) is 11.6 Å². The minimum atomic E-state index is -0.693. The van der Waals surface area contributed by atoms with Gasteiger partial charge in [0.05, 0.1) is 15.9 Å². The van der Waals surface area contributed by atoms with Crippen molar-refractivity contribution in [1.29, 1.82) is 0 Å². The largest absolute Gasteiger partial charge is 0.301 e. The molecule has 2 aromatic carbocycles. The number of nitro benzene ring substituents is 2. The number of hydrazone groups is 1. The summed E-state index contributed by atoms with van der Waals surface area (Å²) in [6.45, 7) is 5.76. The van der Waals surface area contributed by atoms with Crippen LogP contribution in [0.4, 0.5) is 17.1 Å². The van der Waals surface area contributed by atoms with Crippen LogP contribution in [0.25, 0.3) is 0 Å². The Morgan fingerprint density at radius 3 is 2.42 bits per heavy atom.